The molecule has 2 N–H and O–H groups in total. The van der Waals surface area contributed by atoms with Crippen molar-refractivity contribution in [3.05, 3.63) is 30.2 Å². The molecule has 0 saturated heterocycles. The van der Waals surface area contributed by atoms with E-state index < -0.39 is 6.04 Å². The van der Waals surface area contributed by atoms with Crippen molar-refractivity contribution in [2.24, 2.45) is 5.73 Å². The van der Waals surface area contributed by atoms with Crippen molar-refractivity contribution in [2.45, 2.75) is 13.0 Å². The van der Waals surface area contributed by atoms with Crippen LogP contribution < -0.4 is 5.73 Å². The highest BCUT2D eigenvalue weighted by molar-refractivity contribution is 5.84. The summed E-state index contributed by atoms with van der Waals surface area (Å²) < 4.78 is 5.11. The molecular weight excluding hydrogens is 180 g/mol. The lowest BCUT2D eigenvalue weighted by atomic mass is 10.0. The molecule has 1 aromatic carbocycles. The van der Waals surface area contributed by atoms with Crippen molar-refractivity contribution in [1.29, 1.82) is 0 Å². The minimum Gasteiger partial charge on any atom is -0.443 e. The molecule has 1 heterocycles. The van der Waals surface area contributed by atoms with E-state index in [1.54, 1.807) is 18.2 Å². The molecule has 4 nitrogen and oxygen atoms in total. The van der Waals surface area contributed by atoms with Crippen LogP contribution >= 0.6 is 0 Å². The number of aromatic nitrogens is 1. The number of fused-ring (bicyclic) bond motifs is 1. The third kappa shape index (κ3) is 1.40. The maximum atomic E-state index is 11.0. The molecule has 0 aliphatic rings. The summed E-state index contributed by atoms with van der Waals surface area (Å²) in [5.74, 6) is -0.0659. The van der Waals surface area contributed by atoms with Crippen molar-refractivity contribution < 1.29 is 9.21 Å². The summed E-state index contributed by atoms with van der Waals surface area (Å²) in [6.07, 6.45) is 1.37. The van der Waals surface area contributed by atoms with Gasteiger partial charge < -0.3 is 10.2 Å². The van der Waals surface area contributed by atoms with Crippen molar-refractivity contribution >= 4 is 16.9 Å². The zero-order valence-corrected chi connectivity index (χ0v) is 7.73. The molecule has 14 heavy (non-hydrogen) atoms. The smallest absolute Gasteiger partial charge is 0.181 e. The number of oxazole rings is 1. The van der Waals surface area contributed by atoms with Crippen molar-refractivity contribution in [3.63, 3.8) is 0 Å². The minimum atomic E-state index is -0.579. The lowest BCUT2D eigenvalue weighted by Gasteiger charge is -2.06. The van der Waals surface area contributed by atoms with Crippen LogP contribution in [0.4, 0.5) is 0 Å². The van der Waals surface area contributed by atoms with Gasteiger partial charge in [-0.05, 0) is 24.6 Å². The first-order valence-electron chi connectivity index (χ1n) is 4.27. The second-order valence-corrected chi connectivity index (χ2v) is 3.17. The Balaban J connectivity index is 2.48. The summed E-state index contributed by atoms with van der Waals surface area (Å²) in [7, 11) is 0. The van der Waals surface area contributed by atoms with Gasteiger partial charge in [-0.1, -0.05) is 6.07 Å². The van der Waals surface area contributed by atoms with Crippen LogP contribution in [-0.2, 0) is 4.79 Å². The molecule has 0 saturated carbocycles. The third-order valence-electron chi connectivity index (χ3n) is 2.15. The Bertz CT molecular complexity index is 476. The molecule has 0 radical (unpaired) electrons. The van der Waals surface area contributed by atoms with Crippen molar-refractivity contribution in [2.75, 3.05) is 0 Å². The fourth-order valence-electron chi connectivity index (χ4n) is 1.30. The lowest BCUT2D eigenvalue weighted by molar-refractivity contribution is -0.118. The highest BCUT2D eigenvalue weighted by Gasteiger charge is 2.12. The van der Waals surface area contributed by atoms with Crippen LogP contribution in [0.1, 0.15) is 18.5 Å². The van der Waals surface area contributed by atoms with Crippen LogP contribution in [0.15, 0.2) is 29.0 Å². The third-order valence-corrected chi connectivity index (χ3v) is 2.15. The van der Waals surface area contributed by atoms with Gasteiger partial charge in [-0.2, -0.15) is 0 Å². The number of ketones is 1. The highest BCUT2D eigenvalue weighted by atomic mass is 16.3. The zero-order chi connectivity index (χ0) is 10.1. The van der Waals surface area contributed by atoms with Gasteiger partial charge in [-0.25, -0.2) is 4.98 Å². The Labute approximate surface area is 80.7 Å². The predicted octanol–water partition coefficient (Wildman–Crippen LogP) is 1.42. The first-order chi connectivity index (χ1) is 6.68. The van der Waals surface area contributed by atoms with Crippen molar-refractivity contribution in [1.82, 2.24) is 4.98 Å². The summed E-state index contributed by atoms with van der Waals surface area (Å²) in [4.78, 5) is 15.0. The number of hydrogen-bond donors (Lipinski definition) is 1. The predicted molar refractivity (Wildman–Crippen MR) is 51.6 cm³/mol. The van der Waals surface area contributed by atoms with E-state index in [1.807, 2.05) is 0 Å². The monoisotopic (exact) mass is 190 g/mol. The molecule has 2 rings (SSSR count). The Kier molecular flexibility index (Phi) is 2.05. The molecule has 1 unspecified atom stereocenters. The first kappa shape index (κ1) is 8.90. The lowest BCUT2D eigenvalue weighted by Crippen LogP contribution is -2.18. The van der Waals surface area contributed by atoms with Gasteiger partial charge in [0.2, 0.25) is 0 Å². The molecule has 72 valence electrons. The number of rotatable bonds is 2. The van der Waals surface area contributed by atoms with E-state index in [-0.39, 0.29) is 5.78 Å². The maximum Gasteiger partial charge on any atom is 0.181 e. The molecule has 2 aromatic rings. The first-order valence-corrected chi connectivity index (χ1v) is 4.27. The van der Waals surface area contributed by atoms with Crippen LogP contribution in [0.5, 0.6) is 0 Å². The number of carbonyl (C=O) groups is 1. The number of nitrogens with two attached hydrogens (primary N) is 1. The molecule has 0 aliphatic heterocycles. The molecular formula is C10H10N2O2. The van der Waals surface area contributed by atoms with Crippen LogP contribution in [-0.4, -0.2) is 10.8 Å². The average Bonchev–Trinajstić information content (AvgIpc) is 2.62. The minimum absolute atomic E-state index is 0.0659. The highest BCUT2D eigenvalue weighted by Crippen LogP contribution is 2.18. The van der Waals surface area contributed by atoms with Crippen LogP contribution in [0.3, 0.4) is 0 Å². The Morgan fingerprint density at radius 1 is 1.57 bits per heavy atom. The largest absolute Gasteiger partial charge is 0.443 e. The van der Waals surface area contributed by atoms with E-state index in [4.69, 9.17) is 10.2 Å². The molecule has 0 aliphatic carbocycles. The van der Waals surface area contributed by atoms with E-state index in [0.717, 1.165) is 11.1 Å². The van der Waals surface area contributed by atoms with Gasteiger partial charge >= 0.3 is 0 Å². The topological polar surface area (TPSA) is 69.1 Å². The van der Waals surface area contributed by atoms with Gasteiger partial charge in [0.25, 0.3) is 0 Å². The van der Waals surface area contributed by atoms with Gasteiger partial charge in [0.15, 0.2) is 17.8 Å². The van der Waals surface area contributed by atoms with Gasteiger partial charge in [0, 0.05) is 0 Å². The Morgan fingerprint density at radius 2 is 2.36 bits per heavy atom. The quantitative estimate of drug-likeness (QED) is 0.777. The fraction of sp³-hybridized carbons (Fsp3) is 0.200. The number of nitrogens with zero attached hydrogens (tertiary/aromatic N) is 1. The number of benzene rings is 1. The fourth-order valence-corrected chi connectivity index (χ4v) is 1.30. The number of hydrogen-bond acceptors (Lipinski definition) is 4. The van der Waals surface area contributed by atoms with Crippen LogP contribution in [0.2, 0.25) is 0 Å². The Morgan fingerprint density at radius 3 is 3.07 bits per heavy atom. The van der Waals surface area contributed by atoms with Crippen molar-refractivity contribution in [3.8, 4) is 0 Å². The molecule has 0 bridgehead atoms. The van der Waals surface area contributed by atoms with E-state index in [9.17, 15) is 4.79 Å². The van der Waals surface area contributed by atoms with Crippen LogP contribution in [0, 0.1) is 0 Å². The molecule has 0 spiro atoms. The van der Waals surface area contributed by atoms with Gasteiger partial charge in [0.05, 0.1) is 6.04 Å². The van der Waals surface area contributed by atoms with E-state index in [0.29, 0.717) is 5.58 Å². The molecule has 4 heteroatoms. The second kappa shape index (κ2) is 3.23. The maximum absolute atomic E-state index is 11.0. The van der Waals surface area contributed by atoms with E-state index in [1.165, 1.54) is 13.3 Å². The molecule has 0 fully saturated rings. The zero-order valence-electron chi connectivity index (χ0n) is 7.73. The summed E-state index contributed by atoms with van der Waals surface area (Å²) in [6, 6.07) is 4.74. The van der Waals surface area contributed by atoms with E-state index in [2.05, 4.69) is 4.98 Å². The molecule has 1 atom stereocenters. The standard InChI is InChI=1S/C10H10N2O2/c1-6(13)10(11)7-2-3-8-9(4-7)14-5-12-8/h2-5,10H,11H2,1H3. The number of carbonyl (C=O) groups excluding carboxylic acids is 1. The average molecular weight is 190 g/mol. The second-order valence-electron chi connectivity index (χ2n) is 3.17. The molecule has 0 amide bonds. The Hall–Kier alpha value is -1.68. The van der Waals surface area contributed by atoms with Gasteiger partial charge in [-0.3, -0.25) is 4.79 Å². The molecule has 1 aromatic heterocycles. The summed E-state index contributed by atoms with van der Waals surface area (Å²) in [5, 5.41) is 0. The summed E-state index contributed by atoms with van der Waals surface area (Å²) in [5.41, 5.74) is 7.86. The summed E-state index contributed by atoms with van der Waals surface area (Å²) >= 11 is 0. The number of Topliss-reactive ketones (excluding diaryl/α,β-unsaturated/α-hetero) is 1. The van der Waals surface area contributed by atoms with Gasteiger partial charge in [-0.15, -0.1) is 0 Å². The van der Waals surface area contributed by atoms with E-state index >= 15 is 0 Å². The normalized spacial score (nSPS) is 13.0. The summed E-state index contributed by atoms with van der Waals surface area (Å²) in [6.45, 7) is 1.47. The SMILES string of the molecule is CC(=O)C(N)c1ccc2ncoc2c1. The van der Waals surface area contributed by atoms with Crippen LogP contribution in [0.25, 0.3) is 11.1 Å². The van der Waals surface area contributed by atoms with Gasteiger partial charge in [0.1, 0.15) is 5.52 Å².